The second-order valence-corrected chi connectivity index (χ2v) is 7.11. The standard InChI is InChI=1S/C18H21NO3S/c1-3-18(17(13-20)15-7-5-4-6-8-15)19-23(21,22)16-11-9-14(2)10-12-16/h3-12,17-20H,1,13H2,2H3/t17-,18-/m1/s1. The molecule has 0 fully saturated rings. The first-order valence-corrected chi connectivity index (χ1v) is 8.83. The summed E-state index contributed by atoms with van der Waals surface area (Å²) in [5.74, 6) is -0.395. The van der Waals surface area contributed by atoms with Gasteiger partial charge in [-0.05, 0) is 24.6 Å². The summed E-state index contributed by atoms with van der Waals surface area (Å²) in [5, 5.41) is 9.70. The summed E-state index contributed by atoms with van der Waals surface area (Å²) in [6, 6.07) is 15.3. The fourth-order valence-corrected chi connectivity index (χ4v) is 3.63. The second-order valence-electron chi connectivity index (χ2n) is 5.40. The second kappa shape index (κ2) is 7.55. The maximum absolute atomic E-state index is 12.5. The highest BCUT2D eigenvalue weighted by Crippen LogP contribution is 2.22. The molecule has 0 saturated carbocycles. The van der Waals surface area contributed by atoms with Crippen LogP contribution in [0.3, 0.4) is 0 Å². The van der Waals surface area contributed by atoms with E-state index < -0.39 is 22.0 Å². The largest absolute Gasteiger partial charge is 0.396 e. The topological polar surface area (TPSA) is 66.4 Å². The first kappa shape index (κ1) is 17.4. The highest BCUT2D eigenvalue weighted by atomic mass is 32.2. The minimum atomic E-state index is -3.68. The molecule has 0 aliphatic rings. The zero-order valence-electron chi connectivity index (χ0n) is 13.0. The molecule has 0 aliphatic carbocycles. The fraction of sp³-hybridized carbons (Fsp3) is 0.222. The maximum atomic E-state index is 12.5. The Kier molecular flexibility index (Phi) is 5.71. The predicted molar refractivity (Wildman–Crippen MR) is 91.8 cm³/mol. The van der Waals surface area contributed by atoms with Crippen molar-refractivity contribution in [1.82, 2.24) is 4.72 Å². The highest BCUT2D eigenvalue weighted by Gasteiger charge is 2.25. The quantitative estimate of drug-likeness (QED) is 0.767. The molecule has 0 spiro atoms. The van der Waals surface area contributed by atoms with Crippen LogP contribution in [0.2, 0.25) is 0 Å². The Hall–Kier alpha value is -1.95. The van der Waals surface area contributed by atoms with Crippen molar-refractivity contribution in [3.63, 3.8) is 0 Å². The molecule has 0 radical (unpaired) electrons. The van der Waals surface area contributed by atoms with Gasteiger partial charge in [-0.2, -0.15) is 0 Å². The molecule has 0 unspecified atom stereocenters. The van der Waals surface area contributed by atoms with E-state index in [9.17, 15) is 13.5 Å². The van der Waals surface area contributed by atoms with Crippen LogP contribution in [-0.2, 0) is 10.0 Å². The number of aliphatic hydroxyl groups is 1. The molecule has 0 aliphatic heterocycles. The van der Waals surface area contributed by atoms with Crippen molar-refractivity contribution >= 4 is 10.0 Å². The zero-order chi connectivity index (χ0) is 16.9. The Morgan fingerprint density at radius 2 is 1.74 bits per heavy atom. The van der Waals surface area contributed by atoms with E-state index in [1.807, 2.05) is 37.3 Å². The summed E-state index contributed by atoms with van der Waals surface area (Å²) in [6.07, 6.45) is 1.51. The van der Waals surface area contributed by atoms with Gasteiger partial charge < -0.3 is 5.11 Å². The van der Waals surface area contributed by atoms with E-state index in [1.165, 1.54) is 6.08 Å². The number of nitrogens with one attached hydrogen (secondary N) is 1. The first-order valence-electron chi connectivity index (χ1n) is 7.35. The van der Waals surface area contributed by atoms with Gasteiger partial charge in [0.15, 0.2) is 0 Å². The molecule has 2 aromatic rings. The van der Waals surface area contributed by atoms with Crippen LogP contribution in [0.15, 0.2) is 72.1 Å². The van der Waals surface area contributed by atoms with Gasteiger partial charge in [-0.15, -0.1) is 6.58 Å². The van der Waals surface area contributed by atoms with E-state index in [4.69, 9.17) is 0 Å². The van der Waals surface area contributed by atoms with Crippen LogP contribution in [0.4, 0.5) is 0 Å². The number of benzene rings is 2. The zero-order valence-corrected chi connectivity index (χ0v) is 13.8. The van der Waals surface area contributed by atoms with Crippen molar-refractivity contribution in [3.8, 4) is 0 Å². The molecule has 4 nitrogen and oxygen atoms in total. The molecule has 2 atom stereocenters. The van der Waals surface area contributed by atoms with Gasteiger partial charge in [-0.25, -0.2) is 13.1 Å². The number of hydrogen-bond acceptors (Lipinski definition) is 3. The Labute approximate surface area is 137 Å². The lowest BCUT2D eigenvalue weighted by molar-refractivity contribution is 0.253. The van der Waals surface area contributed by atoms with Crippen molar-refractivity contribution in [2.45, 2.75) is 23.8 Å². The van der Waals surface area contributed by atoms with E-state index >= 15 is 0 Å². The number of rotatable bonds is 7. The van der Waals surface area contributed by atoms with Crippen LogP contribution in [0.1, 0.15) is 17.0 Å². The molecule has 0 saturated heterocycles. The lowest BCUT2D eigenvalue weighted by atomic mass is 9.93. The number of sulfonamides is 1. The smallest absolute Gasteiger partial charge is 0.241 e. The molecule has 0 bridgehead atoms. The highest BCUT2D eigenvalue weighted by molar-refractivity contribution is 7.89. The van der Waals surface area contributed by atoms with Crippen LogP contribution in [0.25, 0.3) is 0 Å². The molecule has 2 rings (SSSR count). The molecule has 0 heterocycles. The molecule has 0 amide bonds. The van der Waals surface area contributed by atoms with Gasteiger partial charge in [0, 0.05) is 12.0 Å². The van der Waals surface area contributed by atoms with Crippen LogP contribution in [-0.4, -0.2) is 26.2 Å². The van der Waals surface area contributed by atoms with Crippen LogP contribution in [0.5, 0.6) is 0 Å². The lowest BCUT2D eigenvalue weighted by Gasteiger charge is -2.24. The van der Waals surface area contributed by atoms with Crippen LogP contribution < -0.4 is 4.72 Å². The van der Waals surface area contributed by atoms with Gasteiger partial charge in [0.1, 0.15) is 0 Å². The molecule has 0 aromatic heterocycles. The third-order valence-corrected chi connectivity index (χ3v) is 5.21. The number of hydrogen-bond donors (Lipinski definition) is 2. The van der Waals surface area contributed by atoms with Gasteiger partial charge in [0.2, 0.25) is 10.0 Å². The lowest BCUT2D eigenvalue weighted by Crippen LogP contribution is -2.39. The van der Waals surface area contributed by atoms with Gasteiger partial charge in [-0.3, -0.25) is 0 Å². The van der Waals surface area contributed by atoms with Gasteiger partial charge >= 0.3 is 0 Å². The summed E-state index contributed by atoms with van der Waals surface area (Å²) in [5.41, 5.74) is 1.84. The summed E-state index contributed by atoms with van der Waals surface area (Å²) >= 11 is 0. The molecule has 5 heteroatoms. The van der Waals surface area contributed by atoms with Gasteiger partial charge in [0.25, 0.3) is 0 Å². The summed E-state index contributed by atoms with van der Waals surface area (Å²) in [7, 11) is -3.68. The van der Waals surface area contributed by atoms with E-state index in [0.29, 0.717) is 0 Å². The summed E-state index contributed by atoms with van der Waals surface area (Å²) in [4.78, 5) is 0.194. The molecule has 2 aromatic carbocycles. The van der Waals surface area contributed by atoms with Crippen molar-refractivity contribution in [2.24, 2.45) is 0 Å². The van der Waals surface area contributed by atoms with Crippen molar-refractivity contribution in [2.75, 3.05) is 6.61 Å². The third kappa shape index (κ3) is 4.28. The van der Waals surface area contributed by atoms with Crippen molar-refractivity contribution in [3.05, 3.63) is 78.4 Å². The number of aryl methyl sites for hydroxylation is 1. The minimum Gasteiger partial charge on any atom is -0.396 e. The SMILES string of the molecule is C=C[C@@H](NS(=O)(=O)c1ccc(C)cc1)[C@H](CO)c1ccccc1. The van der Waals surface area contributed by atoms with Gasteiger partial charge in [-0.1, -0.05) is 54.1 Å². The van der Waals surface area contributed by atoms with E-state index in [0.717, 1.165) is 11.1 Å². The van der Waals surface area contributed by atoms with E-state index in [1.54, 1.807) is 24.3 Å². The normalized spacial score (nSPS) is 14.2. The van der Waals surface area contributed by atoms with E-state index in [-0.39, 0.29) is 11.5 Å². The van der Waals surface area contributed by atoms with Crippen LogP contribution in [0, 0.1) is 6.92 Å². The van der Waals surface area contributed by atoms with Crippen molar-refractivity contribution < 1.29 is 13.5 Å². The Bertz CT molecular complexity index is 740. The van der Waals surface area contributed by atoms with Gasteiger partial charge in [0.05, 0.1) is 11.5 Å². The third-order valence-electron chi connectivity index (χ3n) is 3.73. The van der Waals surface area contributed by atoms with Crippen molar-refractivity contribution in [1.29, 1.82) is 0 Å². The minimum absolute atomic E-state index is 0.183. The first-order chi connectivity index (χ1) is 11.0. The predicted octanol–water partition coefficient (Wildman–Crippen LogP) is 2.60. The Morgan fingerprint density at radius 3 is 2.26 bits per heavy atom. The Balaban J connectivity index is 2.27. The maximum Gasteiger partial charge on any atom is 0.241 e. The van der Waals surface area contributed by atoms with E-state index in [2.05, 4.69) is 11.3 Å². The molecule has 2 N–H and O–H groups in total. The fourth-order valence-electron chi connectivity index (χ4n) is 2.39. The van der Waals surface area contributed by atoms with Crippen LogP contribution >= 0.6 is 0 Å². The average molecular weight is 331 g/mol. The molecule has 23 heavy (non-hydrogen) atoms. The Morgan fingerprint density at radius 1 is 1.13 bits per heavy atom. The molecule has 122 valence electrons. The summed E-state index contributed by atoms with van der Waals surface area (Å²) in [6.45, 7) is 5.42. The molecular formula is C18H21NO3S. The summed E-state index contributed by atoms with van der Waals surface area (Å²) < 4.78 is 27.7. The average Bonchev–Trinajstić information content (AvgIpc) is 2.56. The molecular weight excluding hydrogens is 310 g/mol. The monoisotopic (exact) mass is 331 g/mol. The number of aliphatic hydroxyl groups excluding tert-OH is 1.